The monoisotopic (exact) mass is 372 g/mol. The number of benzene rings is 2. The third-order valence-electron chi connectivity index (χ3n) is 4.54. The standard InChI is InChI=1S/C19H14Cl2N2O2/c20-14-7-3-4-8-15(14)23-18(24)16(21)17(19(23)25)22-10-9-12-5-1-2-6-13(12)11-22/h1-8H,9-11H2. The minimum atomic E-state index is -0.534. The number of amides is 2. The molecule has 0 saturated heterocycles. The maximum absolute atomic E-state index is 13.0. The predicted octanol–water partition coefficient (Wildman–Crippen LogP) is 3.72. The van der Waals surface area contributed by atoms with Crippen molar-refractivity contribution in [2.24, 2.45) is 0 Å². The Hall–Kier alpha value is -2.30. The molecule has 0 aromatic heterocycles. The second-order valence-electron chi connectivity index (χ2n) is 6.00. The Morgan fingerprint density at radius 2 is 1.52 bits per heavy atom. The lowest BCUT2D eigenvalue weighted by Crippen LogP contribution is -2.37. The second-order valence-corrected chi connectivity index (χ2v) is 6.79. The highest BCUT2D eigenvalue weighted by Gasteiger charge is 2.42. The number of para-hydroxylation sites is 1. The Morgan fingerprint density at radius 1 is 0.840 bits per heavy atom. The van der Waals surface area contributed by atoms with E-state index in [1.165, 1.54) is 5.56 Å². The molecule has 2 amide bonds. The fourth-order valence-corrected chi connectivity index (χ4v) is 3.81. The molecule has 0 spiro atoms. The highest BCUT2D eigenvalue weighted by atomic mass is 35.5. The van der Waals surface area contributed by atoms with Gasteiger partial charge in [0.25, 0.3) is 11.8 Å². The fourth-order valence-electron chi connectivity index (χ4n) is 3.30. The number of rotatable bonds is 2. The summed E-state index contributed by atoms with van der Waals surface area (Å²) < 4.78 is 0. The molecule has 0 fully saturated rings. The van der Waals surface area contributed by atoms with Gasteiger partial charge in [-0.3, -0.25) is 9.59 Å². The van der Waals surface area contributed by atoms with E-state index in [1.807, 2.05) is 23.1 Å². The minimum absolute atomic E-state index is 0.0516. The van der Waals surface area contributed by atoms with Crippen LogP contribution in [0.15, 0.2) is 59.3 Å². The molecule has 126 valence electrons. The topological polar surface area (TPSA) is 40.6 Å². The first-order valence-electron chi connectivity index (χ1n) is 7.92. The Kier molecular flexibility index (Phi) is 4.02. The maximum atomic E-state index is 13.0. The van der Waals surface area contributed by atoms with Gasteiger partial charge in [-0.25, -0.2) is 4.90 Å². The van der Waals surface area contributed by atoms with Crippen LogP contribution in [0.5, 0.6) is 0 Å². The van der Waals surface area contributed by atoms with E-state index < -0.39 is 11.8 Å². The van der Waals surface area contributed by atoms with E-state index in [9.17, 15) is 9.59 Å². The van der Waals surface area contributed by atoms with Gasteiger partial charge in [0.1, 0.15) is 10.7 Å². The lowest BCUT2D eigenvalue weighted by atomic mass is 9.99. The number of carbonyl (C=O) groups excluding carboxylic acids is 2. The van der Waals surface area contributed by atoms with Crippen LogP contribution in [0.1, 0.15) is 11.1 Å². The summed E-state index contributed by atoms with van der Waals surface area (Å²) in [5, 5.41) is 0.281. The van der Waals surface area contributed by atoms with Crippen molar-refractivity contribution >= 4 is 40.7 Å². The third kappa shape index (κ3) is 2.62. The van der Waals surface area contributed by atoms with Crippen molar-refractivity contribution in [2.75, 3.05) is 11.4 Å². The quantitative estimate of drug-likeness (QED) is 0.754. The molecule has 4 nitrogen and oxygen atoms in total. The predicted molar refractivity (Wildman–Crippen MR) is 97.4 cm³/mol. The van der Waals surface area contributed by atoms with Crippen molar-refractivity contribution in [1.29, 1.82) is 0 Å². The van der Waals surface area contributed by atoms with E-state index in [4.69, 9.17) is 23.2 Å². The van der Waals surface area contributed by atoms with E-state index in [1.54, 1.807) is 24.3 Å². The molecule has 4 rings (SSSR count). The largest absolute Gasteiger partial charge is 0.361 e. The highest BCUT2D eigenvalue weighted by molar-refractivity contribution is 6.53. The number of fused-ring (bicyclic) bond motifs is 1. The van der Waals surface area contributed by atoms with Crippen LogP contribution in [0.3, 0.4) is 0 Å². The zero-order chi connectivity index (χ0) is 17.6. The molecule has 0 aliphatic carbocycles. The first kappa shape index (κ1) is 16.2. The molecule has 2 aliphatic heterocycles. The molecule has 0 radical (unpaired) electrons. The highest BCUT2D eigenvalue weighted by Crippen LogP contribution is 2.36. The van der Waals surface area contributed by atoms with Gasteiger partial charge in [-0.1, -0.05) is 59.6 Å². The Morgan fingerprint density at radius 3 is 2.28 bits per heavy atom. The Labute approximate surface area is 155 Å². The average molecular weight is 373 g/mol. The smallest absolute Gasteiger partial charge is 0.283 e. The summed E-state index contributed by atoms with van der Waals surface area (Å²) in [6.07, 6.45) is 0.803. The van der Waals surface area contributed by atoms with Gasteiger partial charge in [0.2, 0.25) is 0 Å². The molecule has 0 bridgehead atoms. The van der Waals surface area contributed by atoms with Gasteiger partial charge in [0.15, 0.2) is 0 Å². The summed E-state index contributed by atoms with van der Waals surface area (Å²) >= 11 is 12.4. The van der Waals surface area contributed by atoms with Gasteiger partial charge in [-0.15, -0.1) is 0 Å². The van der Waals surface area contributed by atoms with E-state index in [2.05, 4.69) is 6.07 Å². The number of imide groups is 1. The molecule has 0 N–H and O–H groups in total. The van der Waals surface area contributed by atoms with Crippen LogP contribution in [0, 0.1) is 0 Å². The van der Waals surface area contributed by atoms with Crippen LogP contribution in [-0.4, -0.2) is 23.3 Å². The van der Waals surface area contributed by atoms with E-state index in [0.717, 1.165) is 16.9 Å². The summed E-state index contributed by atoms with van der Waals surface area (Å²) in [6, 6.07) is 14.8. The van der Waals surface area contributed by atoms with Crippen LogP contribution >= 0.6 is 23.2 Å². The van der Waals surface area contributed by atoms with Gasteiger partial charge in [0, 0.05) is 13.1 Å². The molecule has 2 aliphatic rings. The zero-order valence-corrected chi connectivity index (χ0v) is 14.7. The lowest BCUT2D eigenvalue weighted by molar-refractivity contribution is -0.121. The van der Waals surface area contributed by atoms with Gasteiger partial charge in [0.05, 0.1) is 10.7 Å². The molecule has 0 saturated carbocycles. The van der Waals surface area contributed by atoms with E-state index in [-0.39, 0.29) is 10.7 Å². The van der Waals surface area contributed by atoms with Crippen molar-refractivity contribution in [3.05, 3.63) is 75.4 Å². The van der Waals surface area contributed by atoms with Crippen LogP contribution < -0.4 is 4.90 Å². The van der Waals surface area contributed by atoms with E-state index >= 15 is 0 Å². The summed E-state index contributed by atoms with van der Waals surface area (Å²) in [6.45, 7) is 1.19. The molecule has 0 atom stereocenters. The number of hydrogen-bond acceptors (Lipinski definition) is 3. The molecule has 2 aromatic carbocycles. The molecule has 25 heavy (non-hydrogen) atoms. The first-order chi connectivity index (χ1) is 12.1. The van der Waals surface area contributed by atoms with Crippen LogP contribution in [0.25, 0.3) is 0 Å². The molecule has 2 aromatic rings. The van der Waals surface area contributed by atoms with Gasteiger partial charge in [-0.05, 0) is 29.7 Å². The average Bonchev–Trinajstić information content (AvgIpc) is 2.84. The van der Waals surface area contributed by atoms with Crippen molar-refractivity contribution in [3.63, 3.8) is 0 Å². The Bertz CT molecular complexity index is 923. The van der Waals surface area contributed by atoms with Crippen molar-refractivity contribution in [1.82, 2.24) is 4.90 Å². The molecular formula is C19H14Cl2N2O2. The number of nitrogens with zero attached hydrogens (tertiary/aromatic N) is 2. The zero-order valence-electron chi connectivity index (χ0n) is 13.2. The fraction of sp³-hybridized carbons (Fsp3) is 0.158. The summed E-state index contributed by atoms with van der Waals surface area (Å²) in [4.78, 5) is 28.5. The SMILES string of the molecule is O=C1C(Cl)=C(N2CCc3ccccc3C2)C(=O)N1c1ccccc1Cl. The number of anilines is 1. The van der Waals surface area contributed by atoms with Gasteiger partial charge < -0.3 is 4.90 Å². The van der Waals surface area contributed by atoms with Crippen LogP contribution in [-0.2, 0) is 22.6 Å². The summed E-state index contributed by atoms with van der Waals surface area (Å²) in [5.41, 5.74) is 3.00. The van der Waals surface area contributed by atoms with Crippen LogP contribution in [0.2, 0.25) is 5.02 Å². The van der Waals surface area contributed by atoms with E-state index in [0.29, 0.717) is 23.8 Å². The Balaban J connectivity index is 1.69. The normalized spacial score (nSPS) is 17.4. The third-order valence-corrected chi connectivity index (χ3v) is 5.20. The van der Waals surface area contributed by atoms with Crippen molar-refractivity contribution in [3.8, 4) is 0 Å². The first-order valence-corrected chi connectivity index (χ1v) is 8.68. The molecule has 6 heteroatoms. The number of halogens is 2. The minimum Gasteiger partial charge on any atom is -0.361 e. The second kappa shape index (κ2) is 6.21. The summed E-state index contributed by atoms with van der Waals surface area (Å²) in [7, 11) is 0. The van der Waals surface area contributed by atoms with Crippen LogP contribution in [0.4, 0.5) is 5.69 Å². The molecule has 0 unspecified atom stereocenters. The lowest BCUT2D eigenvalue weighted by Gasteiger charge is -2.31. The number of carbonyl (C=O) groups is 2. The number of hydrogen-bond donors (Lipinski definition) is 0. The van der Waals surface area contributed by atoms with Gasteiger partial charge >= 0.3 is 0 Å². The summed E-state index contributed by atoms with van der Waals surface area (Å²) in [5.74, 6) is -0.962. The van der Waals surface area contributed by atoms with Crippen molar-refractivity contribution in [2.45, 2.75) is 13.0 Å². The maximum Gasteiger partial charge on any atom is 0.283 e. The van der Waals surface area contributed by atoms with Gasteiger partial charge in [-0.2, -0.15) is 0 Å². The molecular weight excluding hydrogens is 359 g/mol. The molecule has 2 heterocycles. The van der Waals surface area contributed by atoms with Crippen molar-refractivity contribution < 1.29 is 9.59 Å².